The number of aliphatic hydroxyl groups excluding tert-OH is 1. The maximum atomic E-state index is 8.94. The molecule has 0 aromatic carbocycles. The van der Waals surface area contributed by atoms with Gasteiger partial charge in [0.1, 0.15) is 16.7 Å². The van der Waals surface area contributed by atoms with E-state index in [0.717, 1.165) is 16.8 Å². The second-order valence-corrected chi connectivity index (χ2v) is 4.55. The summed E-state index contributed by atoms with van der Waals surface area (Å²) in [4.78, 5) is 8.06. The molecule has 1 rings (SSSR count). The van der Waals surface area contributed by atoms with Crippen LogP contribution in [0.3, 0.4) is 0 Å². The van der Waals surface area contributed by atoms with E-state index in [4.69, 9.17) is 5.11 Å². The normalized spacial score (nSPS) is 12.9. The summed E-state index contributed by atoms with van der Waals surface area (Å²) in [6.45, 7) is 4.41. The summed E-state index contributed by atoms with van der Waals surface area (Å²) in [5.41, 5.74) is 0. The van der Waals surface area contributed by atoms with Crippen LogP contribution in [0.2, 0.25) is 0 Å². The largest absolute Gasteiger partial charge is 0.396 e. The Morgan fingerprint density at radius 1 is 1.47 bits per heavy atom. The highest BCUT2D eigenvalue weighted by molar-refractivity contribution is 9.10. The molecule has 0 radical (unpaired) electrons. The zero-order valence-electron chi connectivity index (χ0n) is 8.94. The molecule has 1 unspecified atom stereocenters. The van der Waals surface area contributed by atoms with Crippen molar-refractivity contribution in [3.63, 3.8) is 0 Å². The van der Waals surface area contributed by atoms with Crippen molar-refractivity contribution in [1.29, 1.82) is 0 Å². The van der Waals surface area contributed by atoms with Gasteiger partial charge in [0, 0.05) is 18.7 Å². The van der Waals surface area contributed by atoms with E-state index in [1.165, 1.54) is 6.33 Å². The molecule has 84 valence electrons. The first-order chi connectivity index (χ1) is 7.13. The Morgan fingerprint density at radius 3 is 2.73 bits per heavy atom. The highest BCUT2D eigenvalue weighted by Gasteiger charge is 2.12. The van der Waals surface area contributed by atoms with Crippen LogP contribution in [-0.2, 0) is 0 Å². The molecule has 0 aliphatic heterocycles. The first-order valence-electron chi connectivity index (χ1n) is 4.98. The molecule has 1 heterocycles. The number of aliphatic hydroxyl groups is 1. The molecule has 0 aliphatic rings. The van der Waals surface area contributed by atoms with Crippen LogP contribution < -0.4 is 5.32 Å². The van der Waals surface area contributed by atoms with Crippen LogP contribution in [0, 0.1) is 5.92 Å². The summed E-state index contributed by atoms with van der Waals surface area (Å²) < 4.78 is 0.756. The van der Waals surface area contributed by atoms with E-state index in [2.05, 4.69) is 45.1 Å². The van der Waals surface area contributed by atoms with Crippen molar-refractivity contribution in [2.24, 2.45) is 5.92 Å². The van der Waals surface area contributed by atoms with E-state index < -0.39 is 0 Å². The lowest BCUT2D eigenvalue weighted by molar-refractivity contribution is 0.267. The predicted molar refractivity (Wildman–Crippen MR) is 63.7 cm³/mol. The molecule has 1 aromatic rings. The van der Waals surface area contributed by atoms with Crippen LogP contribution in [0.5, 0.6) is 0 Å². The fourth-order valence-electron chi connectivity index (χ4n) is 1.31. The van der Waals surface area contributed by atoms with Gasteiger partial charge >= 0.3 is 0 Å². The average Bonchev–Trinajstić information content (AvgIpc) is 2.17. The van der Waals surface area contributed by atoms with Crippen LogP contribution in [0.4, 0.5) is 5.82 Å². The molecule has 0 amide bonds. The van der Waals surface area contributed by atoms with E-state index in [-0.39, 0.29) is 12.6 Å². The molecule has 0 saturated carbocycles. The summed E-state index contributed by atoms with van der Waals surface area (Å²) in [5, 5.41) is 12.2. The number of anilines is 1. The van der Waals surface area contributed by atoms with Gasteiger partial charge in [0.2, 0.25) is 0 Å². The van der Waals surface area contributed by atoms with Gasteiger partial charge in [-0.3, -0.25) is 0 Å². The smallest absolute Gasteiger partial charge is 0.130 e. The van der Waals surface area contributed by atoms with Crippen LogP contribution in [-0.4, -0.2) is 27.7 Å². The number of nitrogens with zero attached hydrogens (tertiary/aromatic N) is 2. The number of aromatic nitrogens is 2. The minimum Gasteiger partial charge on any atom is -0.396 e. The van der Waals surface area contributed by atoms with Gasteiger partial charge < -0.3 is 10.4 Å². The van der Waals surface area contributed by atoms with Crippen LogP contribution in [0.25, 0.3) is 0 Å². The summed E-state index contributed by atoms with van der Waals surface area (Å²) >= 11 is 3.29. The van der Waals surface area contributed by atoms with Crippen LogP contribution >= 0.6 is 15.9 Å². The number of rotatable bonds is 5. The van der Waals surface area contributed by atoms with Gasteiger partial charge in [-0.05, 0) is 28.3 Å². The van der Waals surface area contributed by atoms with E-state index in [9.17, 15) is 0 Å². The third-order valence-corrected chi connectivity index (χ3v) is 2.65. The molecule has 15 heavy (non-hydrogen) atoms. The van der Waals surface area contributed by atoms with Gasteiger partial charge in [-0.25, -0.2) is 9.97 Å². The van der Waals surface area contributed by atoms with Gasteiger partial charge in [-0.2, -0.15) is 0 Å². The predicted octanol–water partition coefficient (Wildman–Crippen LogP) is 2.06. The maximum absolute atomic E-state index is 8.94. The van der Waals surface area contributed by atoms with Gasteiger partial charge in [-0.1, -0.05) is 13.8 Å². The number of halogens is 1. The first kappa shape index (κ1) is 12.4. The van der Waals surface area contributed by atoms with Crippen molar-refractivity contribution >= 4 is 21.7 Å². The zero-order chi connectivity index (χ0) is 11.3. The monoisotopic (exact) mass is 273 g/mol. The minimum atomic E-state index is 0.183. The topological polar surface area (TPSA) is 58.0 Å². The molecule has 0 fully saturated rings. The molecule has 5 heteroatoms. The zero-order valence-corrected chi connectivity index (χ0v) is 10.5. The van der Waals surface area contributed by atoms with Crippen molar-refractivity contribution in [3.8, 4) is 0 Å². The Balaban J connectivity index is 2.65. The second kappa shape index (κ2) is 6.02. The standard InChI is InChI=1S/C10H16BrN3O/c1-7(2)8(3-4-15)14-10-5-9(11)12-6-13-10/h5-8,15H,3-4H2,1-2H3,(H,12,13,14). The highest BCUT2D eigenvalue weighted by atomic mass is 79.9. The van der Waals surface area contributed by atoms with Crippen molar-refractivity contribution in [2.75, 3.05) is 11.9 Å². The Bertz CT molecular complexity index is 306. The summed E-state index contributed by atoms with van der Waals surface area (Å²) in [6.07, 6.45) is 2.22. The molecule has 4 nitrogen and oxygen atoms in total. The second-order valence-electron chi connectivity index (χ2n) is 3.73. The van der Waals surface area contributed by atoms with Crippen molar-refractivity contribution in [2.45, 2.75) is 26.3 Å². The quantitative estimate of drug-likeness (QED) is 0.807. The molecule has 0 spiro atoms. The number of nitrogens with one attached hydrogen (secondary N) is 1. The summed E-state index contributed by atoms with van der Waals surface area (Å²) in [6, 6.07) is 2.06. The Labute approximate surface area is 98.3 Å². The molecule has 0 aliphatic carbocycles. The summed E-state index contributed by atoms with van der Waals surface area (Å²) in [7, 11) is 0. The molecule has 2 N–H and O–H groups in total. The number of hydrogen-bond acceptors (Lipinski definition) is 4. The Morgan fingerprint density at radius 2 is 2.20 bits per heavy atom. The molecule has 0 saturated heterocycles. The van der Waals surface area contributed by atoms with Crippen LogP contribution in [0.15, 0.2) is 17.0 Å². The van der Waals surface area contributed by atoms with Gasteiger partial charge in [-0.15, -0.1) is 0 Å². The average molecular weight is 274 g/mol. The highest BCUT2D eigenvalue weighted by Crippen LogP contribution is 2.15. The fourth-order valence-corrected chi connectivity index (χ4v) is 1.62. The SMILES string of the molecule is CC(C)C(CCO)Nc1cc(Br)ncn1. The van der Waals surface area contributed by atoms with Crippen molar-refractivity contribution in [3.05, 3.63) is 17.0 Å². The van der Waals surface area contributed by atoms with Gasteiger partial charge in [0.05, 0.1) is 0 Å². The fraction of sp³-hybridized carbons (Fsp3) is 0.600. The third-order valence-electron chi connectivity index (χ3n) is 2.21. The molecule has 1 atom stereocenters. The van der Waals surface area contributed by atoms with Gasteiger partial charge in [0.15, 0.2) is 0 Å². The third kappa shape index (κ3) is 4.13. The molecule has 0 bridgehead atoms. The Hall–Kier alpha value is -0.680. The lowest BCUT2D eigenvalue weighted by Crippen LogP contribution is -2.27. The molecular weight excluding hydrogens is 258 g/mol. The van der Waals surface area contributed by atoms with E-state index in [1.807, 2.05) is 6.07 Å². The van der Waals surface area contributed by atoms with E-state index in [0.29, 0.717) is 5.92 Å². The molecule has 1 aromatic heterocycles. The summed E-state index contributed by atoms with van der Waals surface area (Å²) in [5.74, 6) is 1.23. The Kier molecular flexibility index (Phi) is 4.98. The lowest BCUT2D eigenvalue weighted by atomic mass is 10.0. The molecular formula is C10H16BrN3O. The van der Waals surface area contributed by atoms with Crippen LogP contribution in [0.1, 0.15) is 20.3 Å². The first-order valence-corrected chi connectivity index (χ1v) is 5.77. The lowest BCUT2D eigenvalue weighted by Gasteiger charge is -2.21. The van der Waals surface area contributed by atoms with E-state index in [1.54, 1.807) is 0 Å². The van der Waals surface area contributed by atoms with Crippen molar-refractivity contribution in [1.82, 2.24) is 9.97 Å². The number of hydrogen-bond donors (Lipinski definition) is 2. The van der Waals surface area contributed by atoms with Gasteiger partial charge in [0.25, 0.3) is 0 Å². The minimum absolute atomic E-state index is 0.183. The maximum Gasteiger partial charge on any atom is 0.130 e. The van der Waals surface area contributed by atoms with Crippen molar-refractivity contribution < 1.29 is 5.11 Å². The van der Waals surface area contributed by atoms with E-state index >= 15 is 0 Å².